The number of carbonyl (C=O) groups is 2. The normalized spacial score (nSPS) is 18.8. The van der Waals surface area contributed by atoms with Crippen molar-refractivity contribution in [2.75, 3.05) is 39.2 Å². The third-order valence-corrected chi connectivity index (χ3v) is 6.63. The summed E-state index contributed by atoms with van der Waals surface area (Å²) in [6.45, 7) is 6.58. The maximum Gasteiger partial charge on any atom is 0.312 e. The van der Waals surface area contributed by atoms with Crippen LogP contribution in [0, 0.1) is 5.41 Å². The quantitative estimate of drug-likeness (QED) is 0.601. The van der Waals surface area contributed by atoms with Crippen LogP contribution in [0.2, 0.25) is 0 Å². The van der Waals surface area contributed by atoms with Crippen molar-refractivity contribution in [1.29, 1.82) is 0 Å². The molecule has 2 aromatic carbocycles. The molecule has 0 spiro atoms. The molecule has 1 amide bonds. The van der Waals surface area contributed by atoms with Gasteiger partial charge in [-0.3, -0.25) is 9.59 Å². The number of rotatable bonds is 6. The number of ether oxygens (including phenoxy) is 2. The third-order valence-electron chi connectivity index (χ3n) is 5.26. The van der Waals surface area contributed by atoms with E-state index in [1.807, 2.05) is 67.5 Å². The highest BCUT2D eigenvalue weighted by Crippen LogP contribution is 2.47. The van der Waals surface area contributed by atoms with Crippen LogP contribution in [0.1, 0.15) is 31.6 Å². The minimum Gasteiger partial charge on any atom is -0.497 e. The van der Waals surface area contributed by atoms with Crippen molar-refractivity contribution in [3.05, 3.63) is 54.1 Å². The van der Waals surface area contributed by atoms with Crippen molar-refractivity contribution in [3.63, 3.8) is 0 Å². The number of esters is 1. The topological polar surface area (TPSA) is 59.1 Å². The molecule has 0 saturated heterocycles. The molecule has 0 N–H and O–H groups in total. The Morgan fingerprint density at radius 1 is 1.09 bits per heavy atom. The highest BCUT2D eigenvalue weighted by atomic mass is 32.2. The van der Waals surface area contributed by atoms with Crippen LogP contribution in [0.15, 0.2) is 53.4 Å². The molecule has 2 atom stereocenters. The number of methoxy groups -OCH3 is 1. The molecule has 2 aromatic rings. The van der Waals surface area contributed by atoms with Crippen LogP contribution in [0.3, 0.4) is 0 Å². The summed E-state index contributed by atoms with van der Waals surface area (Å²) < 4.78 is 11.2. The van der Waals surface area contributed by atoms with Gasteiger partial charge in [0.15, 0.2) is 6.10 Å². The molecular weight excluding hydrogens is 424 g/mol. The third kappa shape index (κ3) is 5.45. The number of hydrogen-bond acceptors (Lipinski definition) is 6. The van der Waals surface area contributed by atoms with Gasteiger partial charge >= 0.3 is 5.97 Å². The molecule has 0 saturated carbocycles. The van der Waals surface area contributed by atoms with Gasteiger partial charge in [-0.05, 0) is 64.7 Å². The Morgan fingerprint density at radius 2 is 1.75 bits per heavy atom. The maximum atomic E-state index is 13.9. The first kappa shape index (κ1) is 24.1. The second-order valence-electron chi connectivity index (χ2n) is 9.15. The van der Waals surface area contributed by atoms with E-state index in [1.165, 1.54) is 0 Å². The molecule has 0 unspecified atom stereocenters. The zero-order valence-corrected chi connectivity index (χ0v) is 20.4. The van der Waals surface area contributed by atoms with Gasteiger partial charge in [0, 0.05) is 18.0 Å². The van der Waals surface area contributed by atoms with Crippen LogP contribution in [-0.2, 0) is 14.3 Å². The Morgan fingerprint density at radius 3 is 2.34 bits per heavy atom. The summed E-state index contributed by atoms with van der Waals surface area (Å²) >= 11 is 1.55. The summed E-state index contributed by atoms with van der Waals surface area (Å²) in [5.41, 5.74) is 1.03. The van der Waals surface area contributed by atoms with Crippen LogP contribution in [0.25, 0.3) is 0 Å². The molecule has 0 aliphatic carbocycles. The lowest BCUT2D eigenvalue weighted by molar-refractivity contribution is -0.162. The molecule has 1 aliphatic rings. The number of anilines is 1. The number of fused-ring (bicyclic) bond motifs is 1. The SMILES string of the molecule is COc1ccc([C@H]2Sc3ccccc3N(CCN(C)C)C(=O)[C@H]2OC(=O)C(C)(C)C)cc1. The molecule has 0 radical (unpaired) electrons. The van der Waals surface area contributed by atoms with E-state index < -0.39 is 17.5 Å². The molecule has 7 heteroatoms. The average Bonchev–Trinajstić information content (AvgIpc) is 2.86. The predicted octanol–water partition coefficient (Wildman–Crippen LogP) is 4.39. The number of amides is 1. The Labute approximate surface area is 194 Å². The van der Waals surface area contributed by atoms with Crippen LogP contribution >= 0.6 is 11.8 Å². The molecule has 0 aromatic heterocycles. The van der Waals surface area contributed by atoms with E-state index in [0.29, 0.717) is 13.1 Å². The summed E-state index contributed by atoms with van der Waals surface area (Å²) in [4.78, 5) is 31.5. The standard InChI is InChI=1S/C25H32N2O4S/c1-25(2,3)24(29)31-21-22(17-11-13-18(30-6)14-12-17)32-20-10-8-7-9-19(20)27(23(21)28)16-15-26(4)5/h7-14,21-22H,15-16H2,1-6H3/t21-,22+/m0/s1. The Kier molecular flexibility index (Phi) is 7.51. The molecule has 1 aliphatic heterocycles. The molecule has 0 fully saturated rings. The first-order valence-corrected chi connectivity index (χ1v) is 11.6. The monoisotopic (exact) mass is 456 g/mol. The summed E-state index contributed by atoms with van der Waals surface area (Å²) in [5, 5.41) is -0.384. The lowest BCUT2D eigenvalue weighted by Crippen LogP contribution is -2.46. The van der Waals surface area contributed by atoms with Gasteiger partial charge < -0.3 is 19.3 Å². The van der Waals surface area contributed by atoms with Gasteiger partial charge in [0.25, 0.3) is 5.91 Å². The molecule has 32 heavy (non-hydrogen) atoms. The highest BCUT2D eigenvalue weighted by Gasteiger charge is 2.42. The zero-order valence-electron chi connectivity index (χ0n) is 19.6. The number of carbonyl (C=O) groups excluding carboxylic acids is 2. The van der Waals surface area contributed by atoms with Crippen LogP contribution in [0.4, 0.5) is 5.69 Å². The Balaban J connectivity index is 2.08. The number of thioether (sulfide) groups is 1. The van der Waals surface area contributed by atoms with E-state index in [0.717, 1.165) is 21.9 Å². The second kappa shape index (κ2) is 9.96. The van der Waals surface area contributed by atoms with Crippen molar-refractivity contribution in [3.8, 4) is 5.75 Å². The molecule has 0 bridgehead atoms. The van der Waals surface area contributed by atoms with Gasteiger partial charge in [0.2, 0.25) is 0 Å². The number of para-hydroxylation sites is 1. The molecule has 1 heterocycles. The van der Waals surface area contributed by atoms with Crippen molar-refractivity contribution in [2.45, 2.75) is 37.0 Å². The van der Waals surface area contributed by atoms with Gasteiger partial charge in [-0.1, -0.05) is 24.3 Å². The van der Waals surface area contributed by atoms with Gasteiger partial charge in [0.05, 0.1) is 23.5 Å². The number of likely N-dealkylation sites (N-methyl/N-ethyl adjacent to an activating group) is 1. The van der Waals surface area contributed by atoms with Crippen LogP contribution in [-0.4, -0.2) is 57.2 Å². The highest BCUT2D eigenvalue weighted by molar-refractivity contribution is 7.99. The smallest absolute Gasteiger partial charge is 0.312 e. The fourth-order valence-electron chi connectivity index (χ4n) is 3.35. The van der Waals surface area contributed by atoms with Crippen LogP contribution < -0.4 is 9.64 Å². The second-order valence-corrected chi connectivity index (χ2v) is 10.3. The Bertz CT molecular complexity index is 953. The van der Waals surface area contributed by atoms with Crippen molar-refractivity contribution >= 4 is 29.3 Å². The number of nitrogens with zero attached hydrogens (tertiary/aromatic N) is 2. The minimum atomic E-state index is -0.949. The van der Waals surface area contributed by atoms with Crippen molar-refractivity contribution < 1.29 is 19.1 Å². The minimum absolute atomic E-state index is 0.206. The zero-order chi connectivity index (χ0) is 23.5. The summed E-state index contributed by atoms with van der Waals surface area (Å²) in [5.74, 6) is 0.131. The fourth-order valence-corrected chi connectivity index (χ4v) is 4.67. The fraction of sp³-hybridized carbons (Fsp3) is 0.440. The van der Waals surface area contributed by atoms with Gasteiger partial charge in [-0.25, -0.2) is 0 Å². The molecular formula is C25H32N2O4S. The van der Waals surface area contributed by atoms with E-state index in [1.54, 1.807) is 44.5 Å². The summed E-state index contributed by atoms with van der Waals surface area (Å²) in [6.07, 6.45) is -0.949. The first-order valence-electron chi connectivity index (χ1n) is 10.7. The van der Waals surface area contributed by atoms with Crippen molar-refractivity contribution in [2.24, 2.45) is 5.41 Å². The van der Waals surface area contributed by atoms with E-state index in [-0.39, 0.29) is 11.2 Å². The largest absolute Gasteiger partial charge is 0.497 e. The first-order chi connectivity index (χ1) is 15.1. The average molecular weight is 457 g/mol. The van der Waals surface area contributed by atoms with E-state index in [2.05, 4.69) is 0 Å². The lowest BCUT2D eigenvalue weighted by Gasteiger charge is -2.30. The van der Waals surface area contributed by atoms with Gasteiger partial charge in [-0.15, -0.1) is 11.8 Å². The number of hydrogen-bond donors (Lipinski definition) is 0. The van der Waals surface area contributed by atoms with Crippen LogP contribution in [0.5, 0.6) is 5.75 Å². The molecule has 3 rings (SSSR count). The van der Waals surface area contributed by atoms with E-state index >= 15 is 0 Å². The Hall–Kier alpha value is -2.51. The molecule has 172 valence electrons. The van der Waals surface area contributed by atoms with Gasteiger partial charge in [-0.2, -0.15) is 0 Å². The van der Waals surface area contributed by atoms with E-state index in [9.17, 15) is 9.59 Å². The predicted molar refractivity (Wildman–Crippen MR) is 128 cm³/mol. The molecule has 6 nitrogen and oxygen atoms in total. The van der Waals surface area contributed by atoms with E-state index in [4.69, 9.17) is 9.47 Å². The summed E-state index contributed by atoms with van der Waals surface area (Å²) in [7, 11) is 5.56. The maximum absolute atomic E-state index is 13.9. The number of benzene rings is 2. The lowest BCUT2D eigenvalue weighted by atomic mass is 9.97. The van der Waals surface area contributed by atoms with Gasteiger partial charge in [0.1, 0.15) is 5.75 Å². The van der Waals surface area contributed by atoms with Crippen molar-refractivity contribution in [1.82, 2.24) is 4.90 Å². The summed E-state index contributed by atoms with van der Waals surface area (Å²) in [6, 6.07) is 15.5.